The maximum atomic E-state index is 12.9. The summed E-state index contributed by atoms with van der Waals surface area (Å²) in [5.41, 5.74) is 2.82. The van der Waals surface area contributed by atoms with Gasteiger partial charge < -0.3 is 10.6 Å². The van der Waals surface area contributed by atoms with Gasteiger partial charge in [-0.15, -0.1) is 0 Å². The molecule has 0 saturated carbocycles. The molecule has 0 aliphatic heterocycles. The number of carbonyl (C=O) groups excluding carboxylic acids is 2. The summed E-state index contributed by atoms with van der Waals surface area (Å²) >= 11 is 0. The molecule has 0 unspecified atom stereocenters. The van der Waals surface area contributed by atoms with Crippen molar-refractivity contribution in [2.24, 2.45) is 5.92 Å². The van der Waals surface area contributed by atoms with E-state index < -0.39 is 0 Å². The molecule has 27 heavy (non-hydrogen) atoms. The number of nitrogens with one attached hydrogen (secondary N) is 2. The second kappa shape index (κ2) is 9.86. The lowest BCUT2D eigenvalue weighted by molar-refractivity contribution is -0.122. The van der Waals surface area contributed by atoms with E-state index in [4.69, 9.17) is 0 Å². The number of amides is 2. The molecule has 0 aliphatic rings. The van der Waals surface area contributed by atoms with Crippen LogP contribution in [0.4, 0.5) is 10.1 Å². The summed E-state index contributed by atoms with van der Waals surface area (Å²) < 4.78 is 12.9. The van der Waals surface area contributed by atoms with Gasteiger partial charge in [-0.05, 0) is 47.2 Å². The number of halogens is 1. The monoisotopic (exact) mass is 370 g/mol. The molecule has 0 heterocycles. The summed E-state index contributed by atoms with van der Waals surface area (Å²) in [6.07, 6.45) is 0.538. The molecular weight excluding hydrogens is 343 g/mol. The van der Waals surface area contributed by atoms with Crippen molar-refractivity contribution in [2.75, 3.05) is 5.32 Å². The van der Waals surface area contributed by atoms with Crippen molar-refractivity contribution in [3.8, 4) is 0 Å². The maximum absolute atomic E-state index is 12.9. The van der Waals surface area contributed by atoms with E-state index in [0.717, 1.165) is 11.3 Å². The minimum absolute atomic E-state index is 0.0758. The standard InChI is InChI=1S/C22H27FN2O2/c1-15(2)18-6-10-20(11-7-18)25-22(27)13-16(3)12-21(26)24-14-17-4-8-19(23)9-5-17/h4-11,15-16H,12-14H2,1-3H3,(H,24,26)(H,25,27)/t16-/m0/s1. The first kappa shape index (κ1) is 20.6. The quantitative estimate of drug-likeness (QED) is 0.712. The number of carbonyl (C=O) groups is 2. The molecule has 1 atom stereocenters. The lowest BCUT2D eigenvalue weighted by Crippen LogP contribution is -2.26. The summed E-state index contributed by atoms with van der Waals surface area (Å²) in [6, 6.07) is 13.8. The van der Waals surface area contributed by atoms with Gasteiger partial charge in [0, 0.05) is 25.1 Å². The van der Waals surface area contributed by atoms with Gasteiger partial charge in [-0.25, -0.2) is 4.39 Å². The van der Waals surface area contributed by atoms with Gasteiger partial charge in [-0.2, -0.15) is 0 Å². The zero-order valence-corrected chi connectivity index (χ0v) is 16.1. The van der Waals surface area contributed by atoms with Crippen molar-refractivity contribution in [2.45, 2.75) is 46.1 Å². The Labute approximate surface area is 160 Å². The van der Waals surface area contributed by atoms with Gasteiger partial charge in [0.1, 0.15) is 5.82 Å². The van der Waals surface area contributed by atoms with Crippen molar-refractivity contribution in [3.63, 3.8) is 0 Å². The number of hydrogen-bond donors (Lipinski definition) is 2. The fourth-order valence-electron chi connectivity index (χ4n) is 2.74. The Morgan fingerprint density at radius 3 is 2.07 bits per heavy atom. The molecule has 0 radical (unpaired) electrons. The van der Waals surface area contributed by atoms with Crippen LogP contribution >= 0.6 is 0 Å². The third-order valence-corrected chi connectivity index (χ3v) is 4.33. The molecule has 4 nitrogen and oxygen atoms in total. The maximum Gasteiger partial charge on any atom is 0.224 e. The Balaban J connectivity index is 1.73. The summed E-state index contributed by atoms with van der Waals surface area (Å²) in [5, 5.41) is 5.67. The molecule has 2 rings (SSSR count). The Morgan fingerprint density at radius 1 is 0.889 bits per heavy atom. The average molecular weight is 370 g/mol. The minimum atomic E-state index is -0.302. The van der Waals surface area contributed by atoms with Gasteiger partial charge >= 0.3 is 0 Å². The highest BCUT2D eigenvalue weighted by Gasteiger charge is 2.14. The first-order valence-corrected chi connectivity index (χ1v) is 9.24. The van der Waals surface area contributed by atoms with Crippen molar-refractivity contribution in [1.29, 1.82) is 0 Å². The van der Waals surface area contributed by atoms with E-state index in [1.807, 2.05) is 31.2 Å². The van der Waals surface area contributed by atoms with E-state index in [9.17, 15) is 14.0 Å². The van der Waals surface area contributed by atoms with Crippen molar-refractivity contribution < 1.29 is 14.0 Å². The molecule has 2 N–H and O–H groups in total. The zero-order valence-electron chi connectivity index (χ0n) is 16.1. The van der Waals surface area contributed by atoms with E-state index in [0.29, 0.717) is 12.5 Å². The summed E-state index contributed by atoms with van der Waals surface area (Å²) in [4.78, 5) is 24.2. The molecule has 0 aromatic heterocycles. The Hall–Kier alpha value is -2.69. The van der Waals surface area contributed by atoms with Crippen molar-refractivity contribution in [1.82, 2.24) is 5.32 Å². The molecule has 0 spiro atoms. The fourth-order valence-corrected chi connectivity index (χ4v) is 2.74. The lowest BCUT2D eigenvalue weighted by Gasteiger charge is -2.13. The highest BCUT2D eigenvalue weighted by molar-refractivity contribution is 5.91. The predicted molar refractivity (Wildman–Crippen MR) is 106 cm³/mol. The van der Waals surface area contributed by atoms with Crippen LogP contribution < -0.4 is 10.6 Å². The van der Waals surface area contributed by atoms with Crippen LogP contribution in [0, 0.1) is 11.7 Å². The molecule has 0 aliphatic carbocycles. The zero-order chi connectivity index (χ0) is 19.8. The van der Waals surface area contributed by atoms with Crippen LogP contribution in [0.25, 0.3) is 0 Å². The minimum Gasteiger partial charge on any atom is -0.352 e. The molecule has 5 heteroatoms. The van der Waals surface area contributed by atoms with Crippen LogP contribution in [0.1, 0.15) is 50.7 Å². The highest BCUT2D eigenvalue weighted by Crippen LogP contribution is 2.18. The van der Waals surface area contributed by atoms with E-state index >= 15 is 0 Å². The van der Waals surface area contributed by atoms with Crippen LogP contribution in [-0.2, 0) is 16.1 Å². The van der Waals surface area contributed by atoms with E-state index in [-0.39, 0.29) is 36.4 Å². The average Bonchev–Trinajstić information content (AvgIpc) is 2.61. The largest absolute Gasteiger partial charge is 0.352 e. The van der Waals surface area contributed by atoms with Gasteiger partial charge in [-0.1, -0.05) is 45.0 Å². The van der Waals surface area contributed by atoms with E-state index in [2.05, 4.69) is 24.5 Å². The first-order valence-electron chi connectivity index (χ1n) is 9.24. The van der Waals surface area contributed by atoms with Gasteiger partial charge in [0.05, 0.1) is 0 Å². The third-order valence-electron chi connectivity index (χ3n) is 4.33. The van der Waals surface area contributed by atoms with Gasteiger partial charge in [0.25, 0.3) is 0 Å². The topological polar surface area (TPSA) is 58.2 Å². The van der Waals surface area contributed by atoms with E-state index in [1.54, 1.807) is 12.1 Å². The second-order valence-electron chi connectivity index (χ2n) is 7.24. The summed E-state index contributed by atoms with van der Waals surface area (Å²) in [5.74, 6) is -0.160. The molecule has 0 saturated heterocycles. The van der Waals surface area contributed by atoms with Crippen LogP contribution in [0.5, 0.6) is 0 Å². The van der Waals surface area contributed by atoms with Gasteiger partial charge in [0.15, 0.2) is 0 Å². The summed E-state index contributed by atoms with van der Waals surface area (Å²) in [7, 11) is 0. The van der Waals surface area contributed by atoms with Crippen LogP contribution in [0.2, 0.25) is 0 Å². The van der Waals surface area contributed by atoms with Crippen LogP contribution in [0.15, 0.2) is 48.5 Å². The normalized spacial score (nSPS) is 11.9. The predicted octanol–water partition coefficient (Wildman–Crippen LogP) is 4.62. The fraction of sp³-hybridized carbons (Fsp3) is 0.364. The molecule has 144 valence electrons. The Bertz CT molecular complexity index is 755. The molecule has 0 bridgehead atoms. The van der Waals surface area contributed by atoms with E-state index in [1.165, 1.54) is 17.7 Å². The smallest absolute Gasteiger partial charge is 0.224 e. The van der Waals surface area contributed by atoms with Crippen molar-refractivity contribution in [3.05, 3.63) is 65.5 Å². The lowest BCUT2D eigenvalue weighted by atomic mass is 10.0. The number of anilines is 1. The highest BCUT2D eigenvalue weighted by atomic mass is 19.1. The molecule has 2 aromatic rings. The number of hydrogen-bond acceptors (Lipinski definition) is 2. The number of benzene rings is 2. The van der Waals surface area contributed by atoms with Crippen LogP contribution in [-0.4, -0.2) is 11.8 Å². The molecule has 2 amide bonds. The van der Waals surface area contributed by atoms with Gasteiger partial charge in [-0.3, -0.25) is 9.59 Å². The Kier molecular flexibility index (Phi) is 7.53. The second-order valence-corrected chi connectivity index (χ2v) is 7.24. The first-order chi connectivity index (χ1) is 12.8. The number of rotatable bonds is 8. The molecule has 0 fully saturated rings. The van der Waals surface area contributed by atoms with Gasteiger partial charge in [0.2, 0.25) is 11.8 Å². The molecular formula is C22H27FN2O2. The van der Waals surface area contributed by atoms with Crippen LogP contribution in [0.3, 0.4) is 0 Å². The SMILES string of the molecule is CC(C)c1ccc(NC(=O)C[C@@H](C)CC(=O)NCc2ccc(F)cc2)cc1. The third kappa shape index (κ3) is 7.21. The molecule has 2 aromatic carbocycles. The Morgan fingerprint density at radius 2 is 1.48 bits per heavy atom. The van der Waals surface area contributed by atoms with Crippen molar-refractivity contribution >= 4 is 17.5 Å². The summed E-state index contributed by atoms with van der Waals surface area (Å²) in [6.45, 7) is 6.46.